The molecule has 0 aliphatic carbocycles. The van der Waals surface area contributed by atoms with Crippen molar-refractivity contribution in [3.63, 3.8) is 0 Å². The molecule has 0 atom stereocenters. The van der Waals surface area contributed by atoms with Gasteiger partial charge in [-0.05, 0) is 54.8 Å². The Bertz CT molecular complexity index is 1230. The predicted molar refractivity (Wildman–Crippen MR) is 142 cm³/mol. The van der Waals surface area contributed by atoms with E-state index in [-0.39, 0.29) is 36.9 Å². The maximum Gasteiger partial charge on any atom is 0.243 e. The molecule has 1 N–H and O–H groups in total. The first-order valence-corrected chi connectivity index (χ1v) is 15.5. The highest BCUT2D eigenvalue weighted by atomic mass is 32.2. The minimum atomic E-state index is -3.56. The number of hydrogen-bond donors (Lipinski definition) is 1. The van der Waals surface area contributed by atoms with Crippen molar-refractivity contribution < 1.29 is 31.1 Å². The first-order chi connectivity index (χ1) is 17.6. The minimum absolute atomic E-state index is 0.174. The molecule has 0 spiro atoms. The van der Waals surface area contributed by atoms with E-state index in [0.29, 0.717) is 44.2 Å². The van der Waals surface area contributed by atoms with E-state index in [1.807, 2.05) is 19.1 Å². The fourth-order valence-electron chi connectivity index (χ4n) is 3.86. The molecule has 0 bridgehead atoms. The average Bonchev–Trinajstić information content (AvgIpc) is 2.89. The van der Waals surface area contributed by atoms with Gasteiger partial charge in [-0.2, -0.15) is 4.31 Å². The molecule has 2 aromatic carbocycles. The highest BCUT2D eigenvalue weighted by molar-refractivity contribution is 7.92. The van der Waals surface area contributed by atoms with Crippen LogP contribution in [-0.2, 0) is 36.0 Å². The van der Waals surface area contributed by atoms with Crippen LogP contribution in [0.25, 0.3) is 0 Å². The summed E-state index contributed by atoms with van der Waals surface area (Å²) in [6.45, 7) is 4.14. The van der Waals surface area contributed by atoms with Crippen molar-refractivity contribution in [2.45, 2.75) is 31.1 Å². The van der Waals surface area contributed by atoms with E-state index in [4.69, 9.17) is 9.47 Å². The van der Waals surface area contributed by atoms with Gasteiger partial charge in [0.15, 0.2) is 0 Å². The molecule has 1 fully saturated rings. The van der Waals surface area contributed by atoms with Gasteiger partial charge in [0, 0.05) is 26.1 Å². The first kappa shape index (κ1) is 28.9. The van der Waals surface area contributed by atoms with Crippen LogP contribution in [0.2, 0.25) is 0 Å². The Morgan fingerprint density at radius 1 is 1.03 bits per heavy atom. The first-order valence-electron chi connectivity index (χ1n) is 12.3. The van der Waals surface area contributed by atoms with E-state index in [1.165, 1.54) is 20.7 Å². The lowest BCUT2D eigenvalue weighted by Gasteiger charge is -2.26. The Labute approximate surface area is 219 Å². The molecule has 1 saturated heterocycles. The van der Waals surface area contributed by atoms with E-state index in [1.54, 1.807) is 24.3 Å². The second kappa shape index (κ2) is 13.2. The summed E-state index contributed by atoms with van der Waals surface area (Å²) in [6.07, 6.45) is 2.56. The van der Waals surface area contributed by atoms with Crippen LogP contribution in [0, 0.1) is 0 Å². The SMILES string of the molecule is CCc1ccc(N(CCCC(=O)NCCOc2ccc(S(=O)(=O)N3CCOCC3)cc2)S(C)(=O)=O)cc1. The summed E-state index contributed by atoms with van der Waals surface area (Å²) in [5, 5.41) is 2.75. The zero-order valence-electron chi connectivity index (χ0n) is 21.3. The largest absolute Gasteiger partial charge is 0.492 e. The van der Waals surface area contributed by atoms with Crippen molar-refractivity contribution in [3.05, 3.63) is 54.1 Å². The number of amides is 1. The second-order valence-electron chi connectivity index (χ2n) is 8.64. The number of morpholine rings is 1. The van der Waals surface area contributed by atoms with Gasteiger partial charge in [0.25, 0.3) is 0 Å². The Balaban J connectivity index is 1.40. The van der Waals surface area contributed by atoms with E-state index in [0.717, 1.165) is 18.2 Å². The maximum atomic E-state index is 12.7. The summed E-state index contributed by atoms with van der Waals surface area (Å²) < 4.78 is 63.3. The molecule has 204 valence electrons. The molecule has 0 unspecified atom stereocenters. The molecule has 0 aromatic heterocycles. The topological polar surface area (TPSA) is 122 Å². The number of aryl methyl sites for hydroxylation is 1. The molecule has 0 saturated carbocycles. The van der Waals surface area contributed by atoms with Crippen molar-refractivity contribution in [2.24, 2.45) is 0 Å². The van der Waals surface area contributed by atoms with Crippen LogP contribution >= 0.6 is 0 Å². The van der Waals surface area contributed by atoms with Gasteiger partial charge >= 0.3 is 0 Å². The van der Waals surface area contributed by atoms with Crippen LogP contribution in [0.4, 0.5) is 5.69 Å². The van der Waals surface area contributed by atoms with Gasteiger partial charge in [0.05, 0.1) is 36.6 Å². The zero-order valence-corrected chi connectivity index (χ0v) is 22.9. The molecule has 1 heterocycles. The van der Waals surface area contributed by atoms with Gasteiger partial charge in [-0.1, -0.05) is 19.1 Å². The van der Waals surface area contributed by atoms with Crippen LogP contribution in [0.5, 0.6) is 5.75 Å². The summed E-state index contributed by atoms with van der Waals surface area (Å²) in [5.41, 5.74) is 1.70. The summed E-state index contributed by atoms with van der Waals surface area (Å²) in [7, 11) is -7.03. The predicted octanol–water partition coefficient (Wildman–Crippen LogP) is 2.01. The summed E-state index contributed by atoms with van der Waals surface area (Å²) in [6, 6.07) is 13.5. The van der Waals surface area contributed by atoms with Crippen molar-refractivity contribution in [2.75, 3.05) is 56.6 Å². The number of hydrogen-bond acceptors (Lipinski definition) is 7. The van der Waals surface area contributed by atoms with Crippen molar-refractivity contribution in [3.8, 4) is 5.75 Å². The minimum Gasteiger partial charge on any atom is -0.492 e. The summed E-state index contributed by atoms with van der Waals surface area (Å²) in [5.74, 6) is 0.290. The van der Waals surface area contributed by atoms with Crippen LogP contribution in [0.3, 0.4) is 0 Å². The van der Waals surface area contributed by atoms with Gasteiger partial charge in [-0.3, -0.25) is 9.10 Å². The molecule has 3 rings (SSSR count). The van der Waals surface area contributed by atoms with Crippen LogP contribution in [0.1, 0.15) is 25.3 Å². The van der Waals surface area contributed by atoms with Crippen LogP contribution in [0.15, 0.2) is 53.4 Å². The van der Waals surface area contributed by atoms with Gasteiger partial charge in [-0.15, -0.1) is 0 Å². The third-order valence-corrected chi connectivity index (χ3v) is 9.03. The zero-order chi connectivity index (χ0) is 26.9. The highest BCUT2D eigenvalue weighted by Crippen LogP contribution is 2.21. The molecule has 1 aliphatic heterocycles. The third-order valence-electron chi connectivity index (χ3n) is 5.92. The molecule has 1 amide bonds. The number of benzene rings is 2. The smallest absolute Gasteiger partial charge is 0.243 e. The average molecular weight is 554 g/mol. The standard InChI is InChI=1S/C25H35N3O7S2/c1-3-21-6-8-22(9-7-21)28(36(2,30)31)15-4-5-25(29)26-14-18-35-23-10-12-24(13-11-23)37(32,33)27-16-19-34-20-17-27/h6-13H,3-5,14-20H2,1-2H3,(H,26,29). The second-order valence-corrected chi connectivity index (χ2v) is 12.5. The number of sulfonamides is 2. The quantitative estimate of drug-likeness (QED) is 0.377. The van der Waals surface area contributed by atoms with Gasteiger partial charge in [0.1, 0.15) is 12.4 Å². The number of nitrogens with one attached hydrogen (secondary N) is 1. The molecule has 0 radical (unpaired) electrons. The fraction of sp³-hybridized carbons (Fsp3) is 0.480. The van der Waals surface area contributed by atoms with Crippen molar-refractivity contribution >= 4 is 31.6 Å². The number of rotatable bonds is 13. The fourth-order valence-corrected chi connectivity index (χ4v) is 6.23. The molecular formula is C25H35N3O7S2. The number of carbonyl (C=O) groups excluding carboxylic acids is 1. The van der Waals surface area contributed by atoms with Crippen molar-refractivity contribution in [1.82, 2.24) is 9.62 Å². The Hall–Kier alpha value is -2.67. The third kappa shape index (κ3) is 8.42. The van der Waals surface area contributed by atoms with E-state index < -0.39 is 20.0 Å². The molecule has 1 aliphatic rings. The number of anilines is 1. The van der Waals surface area contributed by atoms with Crippen LogP contribution < -0.4 is 14.4 Å². The Kier molecular flexibility index (Phi) is 10.3. The van der Waals surface area contributed by atoms with Gasteiger partial charge in [0.2, 0.25) is 26.0 Å². The number of nitrogens with zero attached hydrogens (tertiary/aromatic N) is 2. The molecular weight excluding hydrogens is 518 g/mol. The van der Waals surface area contributed by atoms with E-state index >= 15 is 0 Å². The Morgan fingerprint density at radius 2 is 1.68 bits per heavy atom. The lowest BCUT2D eigenvalue weighted by Crippen LogP contribution is -2.40. The monoisotopic (exact) mass is 553 g/mol. The summed E-state index contributed by atoms with van der Waals surface area (Å²) >= 11 is 0. The number of carbonyl (C=O) groups is 1. The van der Waals surface area contributed by atoms with Gasteiger partial charge in [-0.25, -0.2) is 16.8 Å². The molecule has 37 heavy (non-hydrogen) atoms. The molecule has 12 heteroatoms. The molecule has 10 nitrogen and oxygen atoms in total. The highest BCUT2D eigenvalue weighted by Gasteiger charge is 2.26. The normalized spacial score (nSPS) is 14.8. The Morgan fingerprint density at radius 3 is 2.27 bits per heavy atom. The van der Waals surface area contributed by atoms with Crippen molar-refractivity contribution in [1.29, 1.82) is 0 Å². The summed E-state index contributed by atoms with van der Waals surface area (Å²) in [4.78, 5) is 12.4. The maximum absolute atomic E-state index is 12.7. The number of ether oxygens (including phenoxy) is 2. The van der Waals surface area contributed by atoms with E-state index in [2.05, 4.69) is 5.32 Å². The van der Waals surface area contributed by atoms with Crippen LogP contribution in [-0.4, -0.2) is 79.3 Å². The van der Waals surface area contributed by atoms with E-state index in [9.17, 15) is 21.6 Å². The lowest BCUT2D eigenvalue weighted by atomic mass is 10.1. The lowest BCUT2D eigenvalue weighted by molar-refractivity contribution is -0.121. The molecule has 2 aromatic rings. The van der Waals surface area contributed by atoms with Gasteiger partial charge < -0.3 is 14.8 Å².